The maximum Gasteiger partial charge on any atom is 0.269 e. The van der Waals surface area contributed by atoms with E-state index in [2.05, 4.69) is 10.3 Å². The predicted molar refractivity (Wildman–Crippen MR) is 128 cm³/mol. The van der Waals surface area contributed by atoms with Gasteiger partial charge in [0.2, 0.25) is 11.1 Å². The van der Waals surface area contributed by atoms with Gasteiger partial charge in [-0.25, -0.2) is 4.68 Å². The lowest BCUT2D eigenvalue weighted by Crippen LogP contribution is -2.31. The first-order valence-corrected chi connectivity index (χ1v) is 12.1. The molecule has 0 spiro atoms. The van der Waals surface area contributed by atoms with Crippen molar-refractivity contribution in [1.82, 2.24) is 14.8 Å². The summed E-state index contributed by atoms with van der Waals surface area (Å²) in [6.45, 7) is 2.45. The van der Waals surface area contributed by atoms with E-state index >= 15 is 0 Å². The summed E-state index contributed by atoms with van der Waals surface area (Å²) in [6, 6.07) is 13.8. The van der Waals surface area contributed by atoms with E-state index in [1.54, 1.807) is 16.8 Å². The number of para-hydroxylation sites is 1. The van der Waals surface area contributed by atoms with E-state index in [0.29, 0.717) is 29.9 Å². The molecule has 1 aliphatic carbocycles. The molecule has 3 aromatic rings. The molecule has 1 aliphatic heterocycles. The first kappa shape index (κ1) is 22.1. The summed E-state index contributed by atoms with van der Waals surface area (Å²) in [5.74, 6) is 2.00. The van der Waals surface area contributed by atoms with Crippen LogP contribution in [0, 0.1) is 10.1 Å². The summed E-state index contributed by atoms with van der Waals surface area (Å²) >= 11 is 1.44. The van der Waals surface area contributed by atoms with E-state index < -0.39 is 11.0 Å². The van der Waals surface area contributed by atoms with Crippen molar-refractivity contribution in [1.29, 1.82) is 0 Å². The molecule has 0 amide bonds. The lowest BCUT2D eigenvalue weighted by atomic mass is 9.85. The number of benzene rings is 2. The number of thioether (sulfide) groups is 1. The molecule has 2 aliphatic rings. The van der Waals surface area contributed by atoms with Gasteiger partial charge in [-0.2, -0.15) is 4.98 Å². The summed E-state index contributed by atoms with van der Waals surface area (Å²) in [5.41, 5.74) is 3.50. The Balaban J connectivity index is 1.48. The number of hydrogen-bond donors (Lipinski definition) is 1. The largest absolute Gasteiger partial charge is 0.494 e. The monoisotopic (exact) mass is 477 g/mol. The number of ketones is 1. The molecule has 2 heterocycles. The van der Waals surface area contributed by atoms with Crippen LogP contribution in [0.4, 0.5) is 11.6 Å². The Morgan fingerprint density at radius 2 is 2.00 bits per heavy atom. The van der Waals surface area contributed by atoms with Crippen LogP contribution >= 0.6 is 11.8 Å². The second-order valence-electron chi connectivity index (χ2n) is 8.04. The van der Waals surface area contributed by atoms with Crippen LogP contribution in [0.1, 0.15) is 43.4 Å². The molecule has 1 N–H and O–H groups in total. The first-order valence-electron chi connectivity index (χ1n) is 11.1. The second kappa shape index (κ2) is 9.30. The minimum Gasteiger partial charge on any atom is -0.494 e. The number of hydrogen-bond acceptors (Lipinski definition) is 8. The number of carbonyl (C=O) groups excluding carboxylic acids is 1. The molecule has 9 nitrogen and oxygen atoms in total. The van der Waals surface area contributed by atoms with Gasteiger partial charge in [-0.15, -0.1) is 5.10 Å². The van der Waals surface area contributed by atoms with Gasteiger partial charge >= 0.3 is 0 Å². The van der Waals surface area contributed by atoms with Gasteiger partial charge in [0.25, 0.3) is 5.69 Å². The molecule has 1 atom stereocenters. The van der Waals surface area contributed by atoms with Crippen LogP contribution < -0.4 is 10.1 Å². The van der Waals surface area contributed by atoms with Crippen LogP contribution in [0.3, 0.4) is 0 Å². The van der Waals surface area contributed by atoms with E-state index in [1.165, 1.54) is 23.9 Å². The first-order chi connectivity index (χ1) is 16.5. The van der Waals surface area contributed by atoms with Gasteiger partial charge in [0.05, 0.1) is 11.5 Å². The number of aromatic nitrogens is 3. The number of nitrogens with one attached hydrogen (secondary N) is 1. The predicted octanol–water partition coefficient (Wildman–Crippen LogP) is 4.90. The maximum absolute atomic E-state index is 13.0. The van der Waals surface area contributed by atoms with Gasteiger partial charge in [0.15, 0.2) is 5.78 Å². The molecule has 0 saturated heterocycles. The SMILES string of the molecule is CCOc1ccccc1C1C2=C(CCCC2=O)Nc2nc(SCc3ccc([N+](=O)[O-])cc3)nn21. The molecule has 0 fully saturated rings. The number of non-ortho nitro benzene ring substituents is 1. The third-order valence-electron chi connectivity index (χ3n) is 5.88. The molecule has 34 heavy (non-hydrogen) atoms. The fraction of sp³-hybridized carbons (Fsp3) is 0.292. The second-order valence-corrected chi connectivity index (χ2v) is 8.98. The fourth-order valence-electron chi connectivity index (χ4n) is 4.34. The van der Waals surface area contributed by atoms with Crippen LogP contribution in [0.5, 0.6) is 5.75 Å². The van der Waals surface area contributed by atoms with Crippen LogP contribution in [-0.2, 0) is 10.5 Å². The van der Waals surface area contributed by atoms with Crippen LogP contribution in [0.25, 0.3) is 0 Å². The zero-order valence-electron chi connectivity index (χ0n) is 18.6. The Morgan fingerprint density at radius 3 is 2.76 bits per heavy atom. The molecule has 174 valence electrons. The lowest BCUT2D eigenvalue weighted by Gasteiger charge is -2.32. The van der Waals surface area contributed by atoms with Crippen molar-refractivity contribution >= 4 is 29.2 Å². The quantitative estimate of drug-likeness (QED) is 0.290. The van der Waals surface area contributed by atoms with E-state index in [4.69, 9.17) is 9.84 Å². The molecule has 1 aromatic heterocycles. The fourth-order valence-corrected chi connectivity index (χ4v) is 5.13. The van der Waals surface area contributed by atoms with Gasteiger partial charge in [0.1, 0.15) is 11.8 Å². The van der Waals surface area contributed by atoms with Crippen molar-refractivity contribution in [3.05, 3.63) is 81.0 Å². The number of Topliss-reactive ketones (excluding diaryl/α,β-unsaturated/α-hetero) is 1. The Morgan fingerprint density at radius 1 is 1.21 bits per heavy atom. The third kappa shape index (κ3) is 4.16. The number of ether oxygens (including phenoxy) is 1. The van der Waals surface area contributed by atoms with Crippen molar-refractivity contribution in [3.8, 4) is 5.75 Å². The Labute approximate surface area is 200 Å². The number of allylic oxidation sites excluding steroid dienone is 2. The Bertz CT molecular complexity index is 1280. The van der Waals surface area contributed by atoms with Gasteiger partial charge in [0, 0.05) is 41.1 Å². The highest BCUT2D eigenvalue weighted by molar-refractivity contribution is 7.98. The normalized spacial score (nSPS) is 17.1. The van der Waals surface area contributed by atoms with Gasteiger partial charge in [-0.05, 0) is 31.4 Å². The summed E-state index contributed by atoms with van der Waals surface area (Å²) in [7, 11) is 0. The van der Waals surface area contributed by atoms with Crippen molar-refractivity contribution in [3.63, 3.8) is 0 Å². The highest BCUT2D eigenvalue weighted by Gasteiger charge is 2.38. The van der Waals surface area contributed by atoms with Crippen LogP contribution in [0.15, 0.2) is 65.0 Å². The van der Waals surface area contributed by atoms with Gasteiger partial charge < -0.3 is 10.1 Å². The number of carbonyl (C=O) groups is 1. The van der Waals surface area contributed by atoms with Crippen molar-refractivity contribution < 1.29 is 14.5 Å². The molecule has 5 rings (SSSR count). The summed E-state index contributed by atoms with van der Waals surface area (Å²) in [6.07, 6.45) is 2.10. The molecule has 0 radical (unpaired) electrons. The zero-order valence-corrected chi connectivity index (χ0v) is 19.4. The average molecular weight is 478 g/mol. The highest BCUT2D eigenvalue weighted by atomic mass is 32.2. The molecule has 0 saturated carbocycles. The van der Waals surface area contributed by atoms with E-state index in [-0.39, 0.29) is 11.5 Å². The third-order valence-corrected chi connectivity index (χ3v) is 6.79. The lowest BCUT2D eigenvalue weighted by molar-refractivity contribution is -0.384. The van der Waals surface area contributed by atoms with Crippen molar-refractivity contribution in [2.75, 3.05) is 11.9 Å². The van der Waals surface area contributed by atoms with E-state index in [9.17, 15) is 14.9 Å². The number of anilines is 1. The van der Waals surface area contributed by atoms with E-state index in [0.717, 1.165) is 41.0 Å². The topological polar surface area (TPSA) is 112 Å². The summed E-state index contributed by atoms with van der Waals surface area (Å²) in [5, 5.41) is 19.5. The molecule has 2 aromatic carbocycles. The zero-order chi connectivity index (χ0) is 23.7. The Kier molecular flexibility index (Phi) is 6.06. The number of nitro groups is 1. The molecular weight excluding hydrogens is 454 g/mol. The van der Waals surface area contributed by atoms with Crippen LogP contribution in [-0.4, -0.2) is 32.1 Å². The minimum absolute atomic E-state index is 0.0608. The number of rotatable bonds is 7. The molecular formula is C24H23N5O4S. The average Bonchev–Trinajstić information content (AvgIpc) is 3.25. The summed E-state index contributed by atoms with van der Waals surface area (Å²) < 4.78 is 7.67. The minimum atomic E-state index is -0.414. The molecule has 10 heteroatoms. The number of nitro benzene ring substituents is 1. The molecule has 0 bridgehead atoms. The number of fused-ring (bicyclic) bond motifs is 1. The van der Waals surface area contributed by atoms with Gasteiger partial charge in [-0.1, -0.05) is 42.1 Å². The van der Waals surface area contributed by atoms with Gasteiger partial charge in [-0.3, -0.25) is 14.9 Å². The van der Waals surface area contributed by atoms with Crippen molar-refractivity contribution in [2.24, 2.45) is 0 Å². The standard InChI is InChI=1S/C24H23N5O4S/c1-2-33-20-9-4-3-6-17(20)22-21-18(7-5-8-19(21)30)25-23-26-24(27-28(22)23)34-14-15-10-12-16(13-11-15)29(31)32/h3-4,6,9-13,22H,2,5,7-8,14H2,1H3,(H,25,26,27). The highest BCUT2D eigenvalue weighted by Crippen LogP contribution is 2.43. The maximum atomic E-state index is 13.0. The number of nitrogens with zero attached hydrogens (tertiary/aromatic N) is 4. The smallest absolute Gasteiger partial charge is 0.269 e. The molecule has 1 unspecified atom stereocenters. The van der Waals surface area contributed by atoms with Crippen molar-refractivity contribution in [2.45, 2.75) is 43.1 Å². The summed E-state index contributed by atoms with van der Waals surface area (Å²) in [4.78, 5) is 28.2. The Hall–Kier alpha value is -3.66. The van der Waals surface area contributed by atoms with E-state index in [1.807, 2.05) is 31.2 Å². The van der Waals surface area contributed by atoms with Crippen LogP contribution in [0.2, 0.25) is 0 Å².